The molecular weight excluding hydrogens is 176 g/mol. The van der Waals surface area contributed by atoms with Gasteiger partial charge in [-0.05, 0) is 26.3 Å². The van der Waals surface area contributed by atoms with Crippen LogP contribution in [0, 0.1) is 6.92 Å². The molecule has 76 valence electrons. The van der Waals surface area contributed by atoms with Gasteiger partial charge in [-0.2, -0.15) is 0 Å². The Kier molecular flexibility index (Phi) is 2.04. The van der Waals surface area contributed by atoms with Crippen LogP contribution in [0.25, 0.3) is 0 Å². The largest absolute Gasteiger partial charge is 0.487 e. The summed E-state index contributed by atoms with van der Waals surface area (Å²) in [6, 6.07) is 5.90. The van der Waals surface area contributed by atoms with E-state index >= 15 is 0 Å². The lowest BCUT2D eigenvalue weighted by Crippen LogP contribution is -2.35. The molecule has 0 spiro atoms. The maximum atomic E-state index is 9.94. The van der Waals surface area contributed by atoms with Crippen molar-refractivity contribution < 1.29 is 9.84 Å². The fraction of sp³-hybridized carbons (Fsp3) is 0.500. The Morgan fingerprint density at radius 3 is 2.86 bits per heavy atom. The van der Waals surface area contributed by atoms with E-state index in [0.29, 0.717) is 6.42 Å². The van der Waals surface area contributed by atoms with Crippen molar-refractivity contribution in [2.24, 2.45) is 0 Å². The summed E-state index contributed by atoms with van der Waals surface area (Å²) in [5.41, 5.74) is 1.75. The van der Waals surface area contributed by atoms with Crippen molar-refractivity contribution in [3.8, 4) is 5.75 Å². The SMILES string of the molecule is Cc1cccc2c1OC(C)(C)C[C@@H]2O. The second kappa shape index (κ2) is 2.99. The van der Waals surface area contributed by atoms with Crippen LogP contribution in [0.1, 0.15) is 37.5 Å². The molecule has 0 aliphatic carbocycles. The van der Waals surface area contributed by atoms with Crippen molar-refractivity contribution in [3.63, 3.8) is 0 Å². The second-order valence-electron chi connectivity index (χ2n) is 4.57. The van der Waals surface area contributed by atoms with Gasteiger partial charge in [-0.15, -0.1) is 0 Å². The predicted molar refractivity (Wildman–Crippen MR) is 55.5 cm³/mol. The maximum Gasteiger partial charge on any atom is 0.128 e. The van der Waals surface area contributed by atoms with Crippen molar-refractivity contribution in [2.45, 2.75) is 38.9 Å². The Morgan fingerprint density at radius 2 is 2.14 bits per heavy atom. The molecule has 1 aromatic carbocycles. The highest BCUT2D eigenvalue weighted by molar-refractivity contribution is 5.44. The van der Waals surface area contributed by atoms with Gasteiger partial charge in [0, 0.05) is 12.0 Å². The minimum absolute atomic E-state index is 0.265. The summed E-state index contributed by atoms with van der Waals surface area (Å²) in [6.07, 6.45) is 0.261. The highest BCUT2D eigenvalue weighted by Gasteiger charge is 2.33. The smallest absolute Gasteiger partial charge is 0.128 e. The first-order chi connectivity index (χ1) is 6.49. The summed E-state index contributed by atoms with van der Waals surface area (Å²) in [5.74, 6) is 0.858. The number of aryl methyl sites for hydroxylation is 1. The van der Waals surface area contributed by atoms with Crippen LogP contribution in [0.2, 0.25) is 0 Å². The summed E-state index contributed by atoms with van der Waals surface area (Å²) < 4.78 is 5.86. The molecule has 0 fully saturated rings. The monoisotopic (exact) mass is 192 g/mol. The van der Waals surface area contributed by atoms with E-state index in [1.165, 1.54) is 0 Å². The molecular formula is C12H16O2. The van der Waals surface area contributed by atoms with Gasteiger partial charge < -0.3 is 9.84 Å². The molecule has 1 aliphatic heterocycles. The predicted octanol–water partition coefficient (Wildman–Crippen LogP) is 2.59. The van der Waals surface area contributed by atoms with Crippen LogP contribution < -0.4 is 4.74 Å². The van der Waals surface area contributed by atoms with Crippen LogP contribution >= 0.6 is 0 Å². The quantitative estimate of drug-likeness (QED) is 0.684. The second-order valence-corrected chi connectivity index (χ2v) is 4.57. The van der Waals surface area contributed by atoms with Gasteiger partial charge in [-0.25, -0.2) is 0 Å². The van der Waals surface area contributed by atoms with Gasteiger partial charge in [0.25, 0.3) is 0 Å². The highest BCUT2D eigenvalue weighted by atomic mass is 16.5. The zero-order valence-corrected chi connectivity index (χ0v) is 8.87. The van der Waals surface area contributed by atoms with Crippen molar-refractivity contribution in [1.29, 1.82) is 0 Å². The standard InChI is InChI=1S/C12H16O2/c1-8-5-4-6-9-10(13)7-12(2,3)14-11(8)9/h4-6,10,13H,7H2,1-3H3/t10-/m0/s1. The number of para-hydroxylation sites is 1. The molecule has 2 rings (SSSR count). The Bertz CT molecular complexity index is 355. The molecule has 0 unspecified atom stereocenters. The normalized spacial score (nSPS) is 23.9. The van der Waals surface area contributed by atoms with Gasteiger partial charge in [0.15, 0.2) is 0 Å². The molecule has 0 bridgehead atoms. The van der Waals surface area contributed by atoms with Crippen molar-refractivity contribution in [2.75, 3.05) is 0 Å². The van der Waals surface area contributed by atoms with Crippen LogP contribution in [-0.2, 0) is 0 Å². The van der Waals surface area contributed by atoms with Crippen molar-refractivity contribution in [3.05, 3.63) is 29.3 Å². The lowest BCUT2D eigenvalue weighted by molar-refractivity contribution is 0.0109. The van der Waals surface area contributed by atoms with Crippen LogP contribution in [-0.4, -0.2) is 10.7 Å². The van der Waals surface area contributed by atoms with Gasteiger partial charge in [-0.3, -0.25) is 0 Å². The molecule has 0 radical (unpaired) electrons. The first kappa shape index (κ1) is 9.53. The van der Waals surface area contributed by atoms with E-state index in [-0.39, 0.29) is 5.60 Å². The number of ether oxygens (including phenoxy) is 1. The molecule has 0 saturated heterocycles. The number of aliphatic hydroxyl groups is 1. The third-order valence-corrected chi connectivity index (χ3v) is 2.66. The van der Waals surface area contributed by atoms with Crippen molar-refractivity contribution >= 4 is 0 Å². The topological polar surface area (TPSA) is 29.5 Å². The summed E-state index contributed by atoms with van der Waals surface area (Å²) in [5, 5.41) is 9.94. The third kappa shape index (κ3) is 1.50. The summed E-state index contributed by atoms with van der Waals surface area (Å²) in [4.78, 5) is 0. The number of rotatable bonds is 0. The molecule has 1 atom stereocenters. The Labute approximate surface area is 84.5 Å². The third-order valence-electron chi connectivity index (χ3n) is 2.66. The fourth-order valence-corrected chi connectivity index (χ4v) is 1.97. The Balaban J connectivity index is 2.51. The average molecular weight is 192 g/mol. The van der Waals surface area contributed by atoms with E-state index in [1.54, 1.807) is 0 Å². The van der Waals surface area contributed by atoms with Crippen LogP contribution in [0.5, 0.6) is 5.75 Å². The number of fused-ring (bicyclic) bond motifs is 1. The first-order valence-corrected chi connectivity index (χ1v) is 4.96. The van der Waals surface area contributed by atoms with E-state index in [2.05, 4.69) is 0 Å². The fourth-order valence-electron chi connectivity index (χ4n) is 1.97. The van der Waals surface area contributed by atoms with Crippen molar-refractivity contribution in [1.82, 2.24) is 0 Å². The Morgan fingerprint density at radius 1 is 1.43 bits per heavy atom. The van der Waals surface area contributed by atoms with E-state index < -0.39 is 6.10 Å². The van der Waals surface area contributed by atoms with Crippen LogP contribution in [0.15, 0.2) is 18.2 Å². The van der Waals surface area contributed by atoms with E-state index in [9.17, 15) is 5.11 Å². The maximum absolute atomic E-state index is 9.94. The number of hydrogen-bond acceptors (Lipinski definition) is 2. The molecule has 1 N–H and O–H groups in total. The summed E-state index contributed by atoms with van der Waals surface area (Å²) in [7, 11) is 0. The Hall–Kier alpha value is -1.02. The van der Waals surface area contributed by atoms with E-state index in [1.807, 2.05) is 39.0 Å². The van der Waals surface area contributed by atoms with Gasteiger partial charge in [0.1, 0.15) is 11.4 Å². The highest BCUT2D eigenvalue weighted by Crippen LogP contribution is 2.40. The van der Waals surface area contributed by atoms with Gasteiger partial charge >= 0.3 is 0 Å². The number of benzene rings is 1. The molecule has 0 amide bonds. The molecule has 1 aromatic rings. The summed E-state index contributed by atoms with van der Waals surface area (Å²) in [6.45, 7) is 6.02. The van der Waals surface area contributed by atoms with Gasteiger partial charge in [0.05, 0.1) is 6.10 Å². The van der Waals surface area contributed by atoms with Crippen LogP contribution in [0.4, 0.5) is 0 Å². The lowest BCUT2D eigenvalue weighted by Gasteiger charge is -2.36. The number of aliphatic hydroxyl groups excluding tert-OH is 1. The summed E-state index contributed by atoms with van der Waals surface area (Å²) >= 11 is 0. The molecule has 0 aromatic heterocycles. The zero-order valence-electron chi connectivity index (χ0n) is 8.87. The van der Waals surface area contributed by atoms with E-state index in [4.69, 9.17) is 4.74 Å². The molecule has 1 aliphatic rings. The zero-order chi connectivity index (χ0) is 10.3. The molecule has 2 nitrogen and oxygen atoms in total. The molecule has 14 heavy (non-hydrogen) atoms. The van der Waals surface area contributed by atoms with Gasteiger partial charge in [-0.1, -0.05) is 18.2 Å². The number of hydrogen-bond donors (Lipinski definition) is 1. The average Bonchev–Trinajstić information content (AvgIpc) is 2.05. The first-order valence-electron chi connectivity index (χ1n) is 4.96. The lowest BCUT2D eigenvalue weighted by atomic mass is 9.90. The molecule has 0 saturated carbocycles. The minimum Gasteiger partial charge on any atom is -0.487 e. The van der Waals surface area contributed by atoms with Gasteiger partial charge in [0.2, 0.25) is 0 Å². The minimum atomic E-state index is -0.395. The van der Waals surface area contributed by atoms with Crippen LogP contribution in [0.3, 0.4) is 0 Å². The van der Waals surface area contributed by atoms with E-state index in [0.717, 1.165) is 16.9 Å². The molecule has 1 heterocycles. The molecule has 2 heteroatoms.